The average Bonchev–Trinajstić information content (AvgIpc) is 3.11. The van der Waals surface area contributed by atoms with Crippen LogP contribution in [0.25, 0.3) is 0 Å². The topological polar surface area (TPSA) is 59.1 Å². The summed E-state index contributed by atoms with van der Waals surface area (Å²) >= 11 is 1.51. The number of hydrogen-bond donors (Lipinski definition) is 1. The van der Waals surface area contributed by atoms with Crippen LogP contribution in [0.2, 0.25) is 0 Å². The van der Waals surface area contributed by atoms with Crippen LogP contribution in [0.1, 0.15) is 24.0 Å². The van der Waals surface area contributed by atoms with E-state index in [1.807, 2.05) is 13.1 Å². The van der Waals surface area contributed by atoms with Gasteiger partial charge in [-0.15, -0.1) is 11.8 Å². The first-order valence-corrected chi connectivity index (χ1v) is 9.48. The van der Waals surface area contributed by atoms with Crippen LogP contribution >= 0.6 is 11.8 Å². The van der Waals surface area contributed by atoms with E-state index in [0.29, 0.717) is 11.8 Å². The number of aryl methyl sites for hydroxylation is 1. The highest BCUT2D eigenvalue weighted by molar-refractivity contribution is 8.00. The standard InChI is InChI=1S/C13H20N2O2S2/c1-10-7-11(8-14-12-3-4-12)9-15-13(10)18-5-6-19(2,16)17/h7,9,12,14H,3-6,8H2,1-2H3. The van der Waals surface area contributed by atoms with Gasteiger partial charge in [0.05, 0.1) is 10.8 Å². The summed E-state index contributed by atoms with van der Waals surface area (Å²) in [5.41, 5.74) is 2.31. The van der Waals surface area contributed by atoms with Crippen LogP contribution < -0.4 is 5.32 Å². The van der Waals surface area contributed by atoms with E-state index >= 15 is 0 Å². The van der Waals surface area contributed by atoms with E-state index in [4.69, 9.17) is 0 Å². The quantitative estimate of drug-likeness (QED) is 0.778. The van der Waals surface area contributed by atoms with Crippen LogP contribution in [0.15, 0.2) is 17.3 Å². The maximum atomic E-state index is 11.1. The third-order valence-corrected chi connectivity index (χ3v) is 5.27. The number of aromatic nitrogens is 1. The van der Waals surface area contributed by atoms with E-state index in [-0.39, 0.29) is 5.75 Å². The molecule has 6 heteroatoms. The second-order valence-corrected chi connectivity index (χ2v) is 8.44. The summed E-state index contributed by atoms with van der Waals surface area (Å²) < 4.78 is 22.1. The van der Waals surface area contributed by atoms with Crippen LogP contribution in [0, 0.1) is 6.92 Å². The van der Waals surface area contributed by atoms with E-state index in [1.54, 1.807) is 0 Å². The predicted octanol–water partition coefficient (Wildman–Crippen LogP) is 1.78. The molecule has 0 aliphatic heterocycles. The van der Waals surface area contributed by atoms with E-state index in [2.05, 4.69) is 16.4 Å². The SMILES string of the molecule is Cc1cc(CNC2CC2)cnc1SCCS(C)(=O)=O. The smallest absolute Gasteiger partial charge is 0.148 e. The molecule has 19 heavy (non-hydrogen) atoms. The molecule has 1 aliphatic rings. The second-order valence-electron chi connectivity index (χ2n) is 5.10. The van der Waals surface area contributed by atoms with Gasteiger partial charge in [0, 0.05) is 30.8 Å². The van der Waals surface area contributed by atoms with Gasteiger partial charge >= 0.3 is 0 Å². The Morgan fingerprint density at radius 3 is 2.79 bits per heavy atom. The molecule has 1 aromatic rings. The minimum Gasteiger partial charge on any atom is -0.310 e. The molecule has 1 saturated carbocycles. The first kappa shape index (κ1) is 14.8. The fourth-order valence-corrected chi connectivity index (χ4v) is 3.86. The van der Waals surface area contributed by atoms with Gasteiger partial charge in [0.25, 0.3) is 0 Å². The monoisotopic (exact) mass is 300 g/mol. The van der Waals surface area contributed by atoms with Gasteiger partial charge in [-0.05, 0) is 30.9 Å². The summed E-state index contributed by atoms with van der Waals surface area (Å²) in [6.45, 7) is 2.89. The molecule has 106 valence electrons. The summed E-state index contributed by atoms with van der Waals surface area (Å²) in [6.07, 6.45) is 5.71. The first-order valence-electron chi connectivity index (χ1n) is 6.43. The van der Waals surface area contributed by atoms with Crippen molar-refractivity contribution in [3.8, 4) is 0 Å². The first-order chi connectivity index (χ1) is 8.94. The molecule has 1 heterocycles. The molecule has 2 rings (SSSR count). The summed E-state index contributed by atoms with van der Waals surface area (Å²) in [5.74, 6) is 0.760. The van der Waals surface area contributed by atoms with Crippen molar-refractivity contribution >= 4 is 21.6 Å². The number of thioether (sulfide) groups is 1. The molecule has 0 saturated heterocycles. The minimum absolute atomic E-state index is 0.198. The van der Waals surface area contributed by atoms with E-state index in [0.717, 1.165) is 17.1 Å². The van der Waals surface area contributed by atoms with Crippen molar-refractivity contribution in [2.45, 2.75) is 37.4 Å². The van der Waals surface area contributed by atoms with Crippen molar-refractivity contribution < 1.29 is 8.42 Å². The Morgan fingerprint density at radius 2 is 2.21 bits per heavy atom. The molecule has 1 fully saturated rings. The number of nitrogens with zero attached hydrogens (tertiary/aromatic N) is 1. The minimum atomic E-state index is -2.89. The van der Waals surface area contributed by atoms with Gasteiger partial charge in [0.2, 0.25) is 0 Å². The van der Waals surface area contributed by atoms with E-state index < -0.39 is 9.84 Å². The fourth-order valence-electron chi connectivity index (χ4n) is 1.71. The van der Waals surface area contributed by atoms with E-state index in [9.17, 15) is 8.42 Å². The Labute approximate surface area is 119 Å². The molecule has 1 aromatic heterocycles. The van der Waals surface area contributed by atoms with Crippen molar-refractivity contribution in [2.24, 2.45) is 0 Å². The van der Waals surface area contributed by atoms with E-state index in [1.165, 1.54) is 36.4 Å². The molecule has 0 atom stereocenters. The third kappa shape index (κ3) is 5.50. The number of hydrogen-bond acceptors (Lipinski definition) is 5. The van der Waals surface area contributed by atoms with Crippen LogP contribution in [0.4, 0.5) is 0 Å². The Morgan fingerprint density at radius 1 is 1.47 bits per heavy atom. The summed E-state index contributed by atoms with van der Waals surface area (Å²) in [6, 6.07) is 2.83. The van der Waals surface area contributed by atoms with Crippen molar-refractivity contribution in [3.05, 3.63) is 23.4 Å². The average molecular weight is 300 g/mol. The molecule has 0 spiro atoms. The molecule has 4 nitrogen and oxygen atoms in total. The highest BCUT2D eigenvalue weighted by atomic mass is 32.2. The van der Waals surface area contributed by atoms with Crippen molar-refractivity contribution in [3.63, 3.8) is 0 Å². The molecule has 0 amide bonds. The van der Waals surface area contributed by atoms with Crippen LogP contribution in [0.5, 0.6) is 0 Å². The third-order valence-electron chi connectivity index (χ3n) is 2.95. The van der Waals surface area contributed by atoms with Gasteiger partial charge in [-0.3, -0.25) is 0 Å². The summed E-state index contributed by atoms with van der Waals surface area (Å²) in [4.78, 5) is 4.42. The van der Waals surface area contributed by atoms with Crippen molar-refractivity contribution in [1.29, 1.82) is 0 Å². The van der Waals surface area contributed by atoms with Gasteiger partial charge in [0.15, 0.2) is 0 Å². The van der Waals surface area contributed by atoms with Gasteiger partial charge in [0.1, 0.15) is 9.84 Å². The fraction of sp³-hybridized carbons (Fsp3) is 0.615. The lowest BCUT2D eigenvalue weighted by Gasteiger charge is -2.08. The van der Waals surface area contributed by atoms with Crippen molar-refractivity contribution in [2.75, 3.05) is 17.8 Å². The normalized spacial score (nSPS) is 15.7. The highest BCUT2D eigenvalue weighted by Crippen LogP contribution is 2.22. The maximum absolute atomic E-state index is 11.1. The zero-order valence-electron chi connectivity index (χ0n) is 11.3. The molecule has 1 N–H and O–H groups in total. The molecule has 0 unspecified atom stereocenters. The number of nitrogens with one attached hydrogen (secondary N) is 1. The van der Waals surface area contributed by atoms with Gasteiger partial charge < -0.3 is 5.32 Å². The van der Waals surface area contributed by atoms with Crippen LogP contribution in [0.3, 0.4) is 0 Å². The zero-order valence-corrected chi connectivity index (χ0v) is 13.0. The lowest BCUT2D eigenvalue weighted by Crippen LogP contribution is -2.15. The van der Waals surface area contributed by atoms with Crippen molar-refractivity contribution in [1.82, 2.24) is 10.3 Å². The van der Waals surface area contributed by atoms with Gasteiger partial charge in [-0.25, -0.2) is 13.4 Å². The Balaban J connectivity index is 1.86. The van der Waals surface area contributed by atoms with Crippen LogP contribution in [-0.2, 0) is 16.4 Å². The van der Waals surface area contributed by atoms with Crippen LogP contribution in [-0.4, -0.2) is 37.2 Å². The summed E-state index contributed by atoms with van der Waals surface area (Å²) in [5, 5.41) is 4.39. The molecular weight excluding hydrogens is 280 g/mol. The largest absolute Gasteiger partial charge is 0.310 e. The van der Waals surface area contributed by atoms with Gasteiger partial charge in [-0.2, -0.15) is 0 Å². The lowest BCUT2D eigenvalue weighted by molar-refractivity contribution is 0.603. The molecule has 0 aromatic carbocycles. The van der Waals surface area contributed by atoms with Gasteiger partial charge in [-0.1, -0.05) is 6.07 Å². The maximum Gasteiger partial charge on any atom is 0.148 e. The number of sulfone groups is 1. The Bertz CT molecular complexity index is 540. The summed E-state index contributed by atoms with van der Waals surface area (Å²) in [7, 11) is -2.89. The Kier molecular flexibility index (Phi) is 4.86. The molecular formula is C13H20N2O2S2. The molecule has 1 aliphatic carbocycles. The molecule has 0 radical (unpaired) electrons. The number of rotatable bonds is 7. The molecule has 0 bridgehead atoms. The number of pyridine rings is 1. The lowest BCUT2D eigenvalue weighted by atomic mass is 10.2. The predicted molar refractivity (Wildman–Crippen MR) is 79.3 cm³/mol. The highest BCUT2D eigenvalue weighted by Gasteiger charge is 2.20. The second kappa shape index (κ2) is 6.24. The Hall–Kier alpha value is -0.590. The zero-order chi connectivity index (χ0) is 13.9.